The fraction of sp³-hybridized carbons (Fsp3) is 0.412. The van der Waals surface area contributed by atoms with E-state index >= 15 is 0 Å². The lowest BCUT2D eigenvalue weighted by molar-refractivity contribution is -0.132. The van der Waals surface area contributed by atoms with Crippen molar-refractivity contribution in [3.8, 4) is 5.75 Å². The maximum atomic E-state index is 12.3. The number of amides is 2. The molecule has 1 aromatic carbocycles. The fourth-order valence-corrected chi connectivity index (χ4v) is 3.47. The van der Waals surface area contributed by atoms with Gasteiger partial charge >= 0.3 is 0 Å². The Morgan fingerprint density at radius 2 is 1.96 bits per heavy atom. The predicted octanol–water partition coefficient (Wildman–Crippen LogP) is 2.12. The van der Waals surface area contributed by atoms with Crippen molar-refractivity contribution in [1.82, 2.24) is 15.1 Å². The van der Waals surface area contributed by atoms with Crippen LogP contribution in [0.15, 0.2) is 33.9 Å². The van der Waals surface area contributed by atoms with Crippen LogP contribution in [0.1, 0.15) is 18.7 Å². The molecule has 2 heterocycles. The summed E-state index contributed by atoms with van der Waals surface area (Å²) in [5, 5.41) is 8.75. The number of ether oxygens (including phenoxy) is 1. The van der Waals surface area contributed by atoms with E-state index in [1.807, 2.05) is 0 Å². The molecule has 2 N–H and O–H groups in total. The largest absolute Gasteiger partial charge is 0.484 e. The van der Waals surface area contributed by atoms with E-state index in [0.29, 0.717) is 47.8 Å². The third kappa shape index (κ3) is 5.61. The van der Waals surface area contributed by atoms with Gasteiger partial charge in [0, 0.05) is 24.0 Å². The third-order valence-electron chi connectivity index (χ3n) is 4.19. The molecule has 0 aliphatic carbocycles. The molecule has 8 nitrogen and oxygen atoms in total. The van der Waals surface area contributed by atoms with Crippen molar-refractivity contribution in [3.63, 3.8) is 0 Å². The number of carbonyl (C=O) groups excluding carboxylic acids is 2. The first-order valence-corrected chi connectivity index (χ1v) is 9.78. The number of likely N-dealkylation sites (tertiary alicyclic amines) is 1. The van der Waals surface area contributed by atoms with Crippen molar-refractivity contribution < 1.29 is 18.7 Å². The highest BCUT2D eigenvalue weighted by molar-refractivity contribution is 7.99. The molecule has 1 aliphatic rings. The Bertz CT molecular complexity index is 790. The standard InChI is InChI=1S/C17H19ClN4O4S/c18-12-1-3-13(4-2-12)25-9-14-20-21-17(26-14)27-10-15(23)22-7-5-11(6-8-22)16(19)24/h1-4,11H,5-10H2,(H2,19,24). The first kappa shape index (κ1) is 19.5. The first-order chi connectivity index (χ1) is 13.0. The van der Waals surface area contributed by atoms with Gasteiger partial charge in [-0.1, -0.05) is 23.4 Å². The summed E-state index contributed by atoms with van der Waals surface area (Å²) in [7, 11) is 0. The number of hydrogen-bond acceptors (Lipinski definition) is 7. The zero-order valence-electron chi connectivity index (χ0n) is 14.5. The van der Waals surface area contributed by atoms with Crippen LogP contribution in [0.4, 0.5) is 0 Å². The Kier molecular flexibility index (Phi) is 6.57. The van der Waals surface area contributed by atoms with Crippen LogP contribution < -0.4 is 10.5 Å². The fourth-order valence-electron chi connectivity index (χ4n) is 2.66. The molecule has 2 amide bonds. The van der Waals surface area contributed by atoms with E-state index in [9.17, 15) is 9.59 Å². The van der Waals surface area contributed by atoms with E-state index in [-0.39, 0.29) is 30.1 Å². The Morgan fingerprint density at radius 1 is 1.26 bits per heavy atom. The molecule has 1 aliphatic heterocycles. The predicted molar refractivity (Wildman–Crippen MR) is 99.3 cm³/mol. The van der Waals surface area contributed by atoms with Gasteiger partial charge in [-0.3, -0.25) is 9.59 Å². The summed E-state index contributed by atoms with van der Waals surface area (Å²) in [4.78, 5) is 25.2. The Labute approximate surface area is 165 Å². The molecule has 2 aromatic rings. The summed E-state index contributed by atoms with van der Waals surface area (Å²) in [5.41, 5.74) is 5.30. The van der Waals surface area contributed by atoms with E-state index in [1.54, 1.807) is 29.2 Å². The van der Waals surface area contributed by atoms with Crippen LogP contribution in [0.25, 0.3) is 0 Å². The average Bonchev–Trinajstić information content (AvgIpc) is 3.13. The smallest absolute Gasteiger partial charge is 0.277 e. The number of benzene rings is 1. The van der Waals surface area contributed by atoms with Gasteiger partial charge in [0.05, 0.1) is 5.75 Å². The molecule has 1 fully saturated rings. The van der Waals surface area contributed by atoms with E-state index in [1.165, 1.54) is 11.8 Å². The highest BCUT2D eigenvalue weighted by Crippen LogP contribution is 2.21. The van der Waals surface area contributed by atoms with Crippen molar-refractivity contribution in [2.75, 3.05) is 18.8 Å². The molecule has 10 heteroatoms. The van der Waals surface area contributed by atoms with Gasteiger partial charge < -0.3 is 19.8 Å². The van der Waals surface area contributed by atoms with E-state index in [4.69, 9.17) is 26.5 Å². The van der Waals surface area contributed by atoms with E-state index < -0.39 is 0 Å². The number of rotatable bonds is 7. The molecule has 0 spiro atoms. The van der Waals surface area contributed by atoms with Gasteiger partial charge in [0.1, 0.15) is 5.75 Å². The summed E-state index contributed by atoms with van der Waals surface area (Å²) in [6.07, 6.45) is 1.22. The van der Waals surface area contributed by atoms with Crippen LogP contribution in [0, 0.1) is 5.92 Å². The minimum absolute atomic E-state index is 0.0277. The van der Waals surface area contributed by atoms with Crippen LogP contribution >= 0.6 is 23.4 Å². The average molecular weight is 411 g/mol. The van der Waals surface area contributed by atoms with Gasteiger partial charge in [0.2, 0.25) is 11.8 Å². The second-order valence-corrected chi connectivity index (χ2v) is 7.41. The van der Waals surface area contributed by atoms with Gasteiger partial charge in [0.25, 0.3) is 11.1 Å². The number of thioether (sulfide) groups is 1. The summed E-state index contributed by atoms with van der Waals surface area (Å²) >= 11 is 7.00. The Balaban J connectivity index is 1.42. The molecule has 3 rings (SSSR count). The van der Waals surface area contributed by atoms with Gasteiger partial charge in [-0.05, 0) is 37.1 Å². The normalized spacial score (nSPS) is 14.9. The minimum atomic E-state index is -0.296. The van der Waals surface area contributed by atoms with Crippen LogP contribution in [-0.4, -0.2) is 45.8 Å². The molecule has 0 radical (unpaired) electrons. The van der Waals surface area contributed by atoms with Gasteiger partial charge in [0.15, 0.2) is 6.61 Å². The number of hydrogen-bond donors (Lipinski definition) is 1. The minimum Gasteiger partial charge on any atom is -0.484 e. The molecule has 1 aromatic heterocycles. The van der Waals surface area contributed by atoms with Crippen LogP contribution in [-0.2, 0) is 16.2 Å². The second-order valence-electron chi connectivity index (χ2n) is 6.05. The number of carbonyl (C=O) groups is 2. The van der Waals surface area contributed by atoms with Crippen LogP contribution in [0.2, 0.25) is 5.02 Å². The number of nitrogens with zero attached hydrogens (tertiary/aromatic N) is 3. The van der Waals surface area contributed by atoms with Crippen molar-refractivity contribution in [2.24, 2.45) is 11.7 Å². The topological polar surface area (TPSA) is 112 Å². The number of aromatic nitrogens is 2. The molecular formula is C17H19ClN4O4S. The molecule has 27 heavy (non-hydrogen) atoms. The summed E-state index contributed by atoms with van der Waals surface area (Å²) < 4.78 is 11.0. The highest BCUT2D eigenvalue weighted by Gasteiger charge is 2.26. The van der Waals surface area contributed by atoms with Crippen LogP contribution in [0.5, 0.6) is 5.75 Å². The summed E-state index contributed by atoms with van der Waals surface area (Å²) in [5.74, 6) is 0.695. The summed E-state index contributed by atoms with van der Waals surface area (Å²) in [6.45, 7) is 1.21. The molecule has 0 unspecified atom stereocenters. The lowest BCUT2D eigenvalue weighted by Crippen LogP contribution is -2.42. The van der Waals surface area contributed by atoms with E-state index in [0.717, 1.165) is 0 Å². The van der Waals surface area contributed by atoms with Crippen LogP contribution in [0.3, 0.4) is 0 Å². The molecule has 1 saturated heterocycles. The summed E-state index contributed by atoms with van der Waals surface area (Å²) in [6, 6.07) is 6.94. The van der Waals surface area contributed by atoms with Crippen molar-refractivity contribution in [3.05, 3.63) is 35.2 Å². The quantitative estimate of drug-likeness (QED) is 0.695. The van der Waals surface area contributed by atoms with Gasteiger partial charge in [-0.25, -0.2) is 0 Å². The third-order valence-corrected chi connectivity index (χ3v) is 5.25. The van der Waals surface area contributed by atoms with Crippen molar-refractivity contribution >= 4 is 35.2 Å². The Morgan fingerprint density at radius 3 is 2.63 bits per heavy atom. The highest BCUT2D eigenvalue weighted by atomic mass is 35.5. The Hall–Kier alpha value is -2.26. The SMILES string of the molecule is NC(=O)C1CCN(C(=O)CSc2nnc(COc3ccc(Cl)cc3)o2)CC1. The molecule has 0 saturated carbocycles. The van der Waals surface area contributed by atoms with Gasteiger partial charge in [-0.2, -0.15) is 0 Å². The van der Waals surface area contributed by atoms with Crippen molar-refractivity contribution in [1.29, 1.82) is 0 Å². The first-order valence-electron chi connectivity index (χ1n) is 8.42. The van der Waals surface area contributed by atoms with Gasteiger partial charge in [-0.15, -0.1) is 10.2 Å². The second kappa shape index (κ2) is 9.09. The lowest BCUT2D eigenvalue weighted by Gasteiger charge is -2.30. The molecule has 144 valence electrons. The molecule has 0 bridgehead atoms. The zero-order valence-corrected chi connectivity index (χ0v) is 16.0. The number of piperidine rings is 1. The monoisotopic (exact) mass is 410 g/mol. The molecular weight excluding hydrogens is 392 g/mol. The van der Waals surface area contributed by atoms with Crippen molar-refractivity contribution in [2.45, 2.75) is 24.7 Å². The zero-order chi connectivity index (χ0) is 19.2. The number of nitrogens with two attached hydrogens (primary N) is 1. The maximum absolute atomic E-state index is 12.3. The maximum Gasteiger partial charge on any atom is 0.277 e. The lowest BCUT2D eigenvalue weighted by atomic mass is 9.96. The van der Waals surface area contributed by atoms with E-state index in [2.05, 4.69) is 10.2 Å². The number of halogens is 1. The molecule has 0 atom stereocenters. The number of primary amides is 1.